The van der Waals surface area contributed by atoms with Gasteiger partial charge in [-0.1, -0.05) is 11.6 Å². The standard InChI is InChI=1S/C20H13ClN4O5/c21-10-1-4-12(5-2-10)25-18-13(8-22-25)17(26)16(20(28)24-18)19(27)23-11-3-6-14-15(7-11)30-9-29-14/h1-8H,9H2,(H,23,27)(H2,24,26,28). The fourth-order valence-electron chi connectivity index (χ4n) is 3.21. The second kappa shape index (κ2) is 6.82. The molecule has 0 unspecified atom stereocenters. The minimum Gasteiger partial charge on any atom is -0.506 e. The Morgan fingerprint density at radius 3 is 2.73 bits per heavy atom. The zero-order valence-electron chi connectivity index (χ0n) is 15.2. The van der Waals surface area contributed by atoms with E-state index in [1.54, 1.807) is 42.5 Å². The monoisotopic (exact) mass is 424 g/mol. The third-order valence-corrected chi connectivity index (χ3v) is 4.90. The molecule has 1 amide bonds. The maximum Gasteiger partial charge on any atom is 0.266 e. The molecule has 0 atom stereocenters. The summed E-state index contributed by atoms with van der Waals surface area (Å²) in [5.74, 6) is -0.198. The minimum absolute atomic E-state index is 0.0987. The fraction of sp³-hybridized carbons (Fsp3) is 0.0500. The van der Waals surface area contributed by atoms with Crippen molar-refractivity contribution in [2.75, 3.05) is 12.1 Å². The van der Waals surface area contributed by atoms with E-state index in [0.29, 0.717) is 27.9 Å². The number of aromatic amines is 1. The predicted octanol–water partition coefficient (Wildman–Crippen LogP) is 3.05. The normalized spacial score (nSPS) is 12.3. The highest BCUT2D eigenvalue weighted by Crippen LogP contribution is 2.34. The van der Waals surface area contributed by atoms with Gasteiger partial charge in [0.15, 0.2) is 11.5 Å². The SMILES string of the molecule is O=C(Nc1ccc2c(c1)OCO2)c1c(O)c2cnn(-c3ccc(Cl)cc3)c2[nH]c1=O. The predicted molar refractivity (Wildman–Crippen MR) is 109 cm³/mol. The van der Waals surface area contributed by atoms with Crippen molar-refractivity contribution in [3.63, 3.8) is 0 Å². The van der Waals surface area contributed by atoms with Crippen LogP contribution in [-0.4, -0.2) is 32.6 Å². The van der Waals surface area contributed by atoms with Crippen molar-refractivity contribution >= 4 is 34.2 Å². The van der Waals surface area contributed by atoms with Gasteiger partial charge >= 0.3 is 0 Å². The second-order valence-electron chi connectivity index (χ2n) is 6.49. The zero-order valence-corrected chi connectivity index (χ0v) is 15.9. The van der Waals surface area contributed by atoms with Crippen LogP contribution in [0, 0.1) is 0 Å². The van der Waals surface area contributed by atoms with Gasteiger partial charge in [0, 0.05) is 16.8 Å². The average Bonchev–Trinajstić information content (AvgIpc) is 3.35. The van der Waals surface area contributed by atoms with Crippen molar-refractivity contribution in [1.82, 2.24) is 14.8 Å². The molecule has 3 N–H and O–H groups in total. The van der Waals surface area contributed by atoms with Gasteiger partial charge in [-0.05, 0) is 36.4 Å². The number of benzene rings is 2. The molecule has 3 heterocycles. The Kier molecular flexibility index (Phi) is 4.11. The van der Waals surface area contributed by atoms with Crippen LogP contribution in [-0.2, 0) is 0 Å². The van der Waals surface area contributed by atoms with Crippen molar-refractivity contribution < 1.29 is 19.4 Å². The highest BCUT2D eigenvalue weighted by Gasteiger charge is 2.23. The van der Waals surface area contributed by atoms with Gasteiger partial charge in [-0.2, -0.15) is 5.10 Å². The van der Waals surface area contributed by atoms with E-state index < -0.39 is 22.8 Å². The van der Waals surface area contributed by atoms with Crippen LogP contribution < -0.4 is 20.3 Å². The number of anilines is 1. The van der Waals surface area contributed by atoms with Crippen molar-refractivity contribution in [2.45, 2.75) is 0 Å². The molecule has 30 heavy (non-hydrogen) atoms. The van der Waals surface area contributed by atoms with E-state index in [4.69, 9.17) is 21.1 Å². The van der Waals surface area contributed by atoms with E-state index in [1.807, 2.05) is 0 Å². The second-order valence-corrected chi connectivity index (χ2v) is 6.93. The third kappa shape index (κ3) is 2.92. The van der Waals surface area contributed by atoms with E-state index in [0.717, 1.165) is 0 Å². The van der Waals surface area contributed by atoms with Crippen LogP contribution >= 0.6 is 11.6 Å². The van der Waals surface area contributed by atoms with Gasteiger partial charge < -0.3 is 24.9 Å². The number of carbonyl (C=O) groups is 1. The highest BCUT2D eigenvalue weighted by molar-refractivity contribution is 6.30. The Morgan fingerprint density at radius 1 is 1.17 bits per heavy atom. The van der Waals surface area contributed by atoms with Crippen LogP contribution in [0.5, 0.6) is 17.2 Å². The summed E-state index contributed by atoms with van der Waals surface area (Å²) in [7, 11) is 0. The quantitative estimate of drug-likeness (QED) is 0.465. The number of nitrogens with zero attached hydrogens (tertiary/aromatic N) is 2. The van der Waals surface area contributed by atoms with E-state index in [-0.39, 0.29) is 17.8 Å². The molecule has 0 radical (unpaired) electrons. The van der Waals surface area contributed by atoms with E-state index in [1.165, 1.54) is 10.9 Å². The van der Waals surface area contributed by atoms with Gasteiger partial charge in [0.2, 0.25) is 6.79 Å². The van der Waals surface area contributed by atoms with Crippen LogP contribution in [0.15, 0.2) is 53.5 Å². The first-order valence-corrected chi connectivity index (χ1v) is 9.19. The van der Waals surface area contributed by atoms with Crippen LogP contribution in [0.4, 0.5) is 5.69 Å². The summed E-state index contributed by atoms with van der Waals surface area (Å²) >= 11 is 5.91. The molecule has 9 nitrogen and oxygen atoms in total. The molecule has 0 bridgehead atoms. The first kappa shape index (κ1) is 18.1. The van der Waals surface area contributed by atoms with Crippen molar-refractivity contribution in [3.8, 4) is 22.9 Å². The Hall–Kier alpha value is -3.98. The van der Waals surface area contributed by atoms with Crippen LogP contribution in [0.2, 0.25) is 5.02 Å². The lowest BCUT2D eigenvalue weighted by Gasteiger charge is -2.08. The molecule has 10 heteroatoms. The number of carbonyl (C=O) groups excluding carboxylic acids is 1. The number of rotatable bonds is 3. The molecule has 5 rings (SSSR count). The van der Waals surface area contributed by atoms with Gasteiger partial charge in [-0.25, -0.2) is 4.68 Å². The molecule has 0 saturated carbocycles. The van der Waals surface area contributed by atoms with Gasteiger partial charge in [-0.3, -0.25) is 9.59 Å². The van der Waals surface area contributed by atoms with Crippen molar-refractivity contribution in [1.29, 1.82) is 0 Å². The number of halogens is 1. The molecule has 4 aromatic rings. The topological polar surface area (TPSA) is 118 Å². The maximum absolute atomic E-state index is 12.7. The molecule has 0 aliphatic carbocycles. The summed E-state index contributed by atoms with van der Waals surface area (Å²) in [4.78, 5) is 27.9. The molecule has 2 aromatic heterocycles. The molecular weight excluding hydrogens is 412 g/mol. The van der Waals surface area contributed by atoms with E-state index >= 15 is 0 Å². The summed E-state index contributed by atoms with van der Waals surface area (Å²) in [5.41, 5.74) is 0.0891. The number of amides is 1. The van der Waals surface area contributed by atoms with Gasteiger partial charge in [0.05, 0.1) is 17.3 Å². The lowest BCUT2D eigenvalue weighted by atomic mass is 10.2. The average molecular weight is 425 g/mol. The number of nitrogens with one attached hydrogen (secondary N) is 2. The summed E-state index contributed by atoms with van der Waals surface area (Å²) < 4.78 is 11.9. The number of aromatic hydroxyl groups is 1. The Labute approximate surface area is 173 Å². The first-order valence-electron chi connectivity index (χ1n) is 8.81. The lowest BCUT2D eigenvalue weighted by molar-refractivity contribution is 0.102. The third-order valence-electron chi connectivity index (χ3n) is 4.65. The van der Waals surface area contributed by atoms with Gasteiger partial charge in [0.25, 0.3) is 11.5 Å². The molecule has 1 aliphatic rings. The van der Waals surface area contributed by atoms with Crippen LogP contribution in [0.1, 0.15) is 10.4 Å². The number of H-pyrrole nitrogens is 1. The molecule has 0 spiro atoms. The molecular formula is C20H13ClN4O5. The number of fused-ring (bicyclic) bond motifs is 2. The van der Waals surface area contributed by atoms with Crippen LogP contribution in [0.25, 0.3) is 16.7 Å². The molecule has 2 aromatic carbocycles. The molecule has 1 aliphatic heterocycles. The molecule has 0 saturated heterocycles. The minimum atomic E-state index is -0.770. The van der Waals surface area contributed by atoms with E-state index in [2.05, 4.69) is 15.4 Å². The largest absolute Gasteiger partial charge is 0.506 e. The lowest BCUT2D eigenvalue weighted by Crippen LogP contribution is -2.23. The van der Waals surface area contributed by atoms with Gasteiger partial charge in [-0.15, -0.1) is 0 Å². The van der Waals surface area contributed by atoms with E-state index in [9.17, 15) is 14.7 Å². The van der Waals surface area contributed by atoms with Gasteiger partial charge in [0.1, 0.15) is 17.0 Å². The number of ether oxygens (including phenoxy) is 2. The number of hydrogen-bond donors (Lipinski definition) is 3. The number of pyridine rings is 1. The molecule has 150 valence electrons. The highest BCUT2D eigenvalue weighted by atomic mass is 35.5. The smallest absolute Gasteiger partial charge is 0.266 e. The van der Waals surface area contributed by atoms with Crippen molar-refractivity contribution in [3.05, 3.63) is 69.6 Å². The summed E-state index contributed by atoms with van der Waals surface area (Å²) in [6, 6.07) is 11.6. The Morgan fingerprint density at radius 2 is 1.93 bits per heavy atom. The summed E-state index contributed by atoms with van der Waals surface area (Å²) in [6.07, 6.45) is 1.37. The summed E-state index contributed by atoms with van der Waals surface area (Å²) in [5, 5.41) is 18.2. The Balaban J connectivity index is 1.53. The van der Waals surface area contributed by atoms with Crippen LogP contribution in [0.3, 0.4) is 0 Å². The summed E-state index contributed by atoms with van der Waals surface area (Å²) in [6.45, 7) is 0.0987. The first-order chi connectivity index (χ1) is 14.5. The number of aromatic nitrogens is 3. The fourth-order valence-corrected chi connectivity index (χ4v) is 3.34. The zero-order chi connectivity index (χ0) is 20.8. The Bertz CT molecular complexity index is 1360. The van der Waals surface area contributed by atoms with Crippen molar-refractivity contribution in [2.24, 2.45) is 0 Å². The number of hydrogen-bond acceptors (Lipinski definition) is 6. The molecule has 0 fully saturated rings. The maximum atomic E-state index is 12.7.